The fraction of sp³-hybridized carbons (Fsp3) is 0.429. The zero-order valence-electron chi connectivity index (χ0n) is 17.7. The van der Waals surface area contributed by atoms with Gasteiger partial charge in [-0.15, -0.1) is 0 Å². The largest absolute Gasteiger partial charge is 0.498 e. The number of nitrogens with zero attached hydrogens (tertiary/aromatic N) is 3. The first-order chi connectivity index (χ1) is 11.9. The monoisotopic (exact) mass is 277 g/mol. The van der Waals surface area contributed by atoms with Crippen LogP contribution in [0.25, 0.3) is 5.69 Å². The summed E-state index contributed by atoms with van der Waals surface area (Å²) in [6.07, 6.45) is -1.58. The Kier molecular flexibility index (Phi) is 1.76. The van der Waals surface area contributed by atoms with E-state index in [-0.39, 0.29) is 23.5 Å². The van der Waals surface area contributed by atoms with Crippen LogP contribution >= 0.6 is 0 Å². The summed E-state index contributed by atoms with van der Waals surface area (Å²) < 4.78 is 60.3. The van der Waals surface area contributed by atoms with Crippen molar-refractivity contribution >= 4 is 12.6 Å². The topological polar surface area (TPSA) is 49.2 Å². The molecule has 6 heteroatoms. The lowest BCUT2D eigenvalue weighted by Gasteiger charge is -2.32. The molecule has 20 heavy (non-hydrogen) atoms. The van der Waals surface area contributed by atoms with E-state index in [0.717, 1.165) is 4.68 Å². The second kappa shape index (κ2) is 4.43. The Morgan fingerprint density at radius 3 is 2.35 bits per heavy atom. The second-order valence-electron chi connectivity index (χ2n) is 5.57. The van der Waals surface area contributed by atoms with Crippen molar-refractivity contribution in [2.45, 2.75) is 38.9 Å². The Morgan fingerprint density at radius 2 is 1.75 bits per heavy atom. The zero-order chi connectivity index (χ0) is 19.6. The quantitative estimate of drug-likeness (QED) is 0.782. The van der Waals surface area contributed by atoms with Gasteiger partial charge < -0.3 is 9.31 Å². The van der Waals surface area contributed by atoms with Crippen LogP contribution in [0, 0.1) is 0 Å². The van der Waals surface area contributed by atoms with Crippen molar-refractivity contribution in [3.63, 3.8) is 0 Å². The molecule has 1 saturated heterocycles. The highest BCUT2D eigenvalue weighted by atomic mass is 16.7. The predicted octanol–water partition coefficient (Wildman–Crippen LogP) is 1.57. The molecule has 0 unspecified atom stereocenters. The third-order valence-electron chi connectivity index (χ3n) is 3.66. The molecular formula is C14H18BN3O2. The molecule has 0 aliphatic carbocycles. The van der Waals surface area contributed by atoms with Crippen molar-refractivity contribution in [2.24, 2.45) is 0 Å². The Bertz CT molecular complexity index is 859. The zero-order valence-corrected chi connectivity index (χ0v) is 11.7. The minimum atomic E-state index is -0.995. The van der Waals surface area contributed by atoms with Gasteiger partial charge in [-0.3, -0.25) is 4.98 Å². The molecule has 0 bridgehead atoms. The van der Waals surface area contributed by atoms with Crippen LogP contribution in [-0.4, -0.2) is 33.1 Å². The van der Waals surface area contributed by atoms with Crippen LogP contribution in [0.15, 0.2) is 36.8 Å². The molecule has 3 heterocycles. The Morgan fingerprint density at radius 1 is 1.15 bits per heavy atom. The van der Waals surface area contributed by atoms with E-state index in [1.165, 1.54) is 0 Å². The highest BCUT2D eigenvalue weighted by Gasteiger charge is 2.52. The fourth-order valence-corrected chi connectivity index (χ4v) is 1.77. The van der Waals surface area contributed by atoms with Crippen molar-refractivity contribution in [3.05, 3.63) is 36.8 Å². The molecular weight excluding hydrogens is 253 g/mol. The van der Waals surface area contributed by atoms with Gasteiger partial charge in [-0.1, -0.05) is 0 Å². The van der Waals surface area contributed by atoms with Gasteiger partial charge in [0, 0.05) is 30.2 Å². The normalized spacial score (nSPS) is 24.5. The van der Waals surface area contributed by atoms with E-state index in [0.29, 0.717) is 0 Å². The average Bonchev–Trinajstić information content (AvgIpc) is 2.90. The van der Waals surface area contributed by atoms with Crippen molar-refractivity contribution in [1.29, 1.82) is 0 Å². The molecule has 104 valence electrons. The molecule has 0 atom stereocenters. The number of rotatable bonds is 2. The van der Waals surface area contributed by atoms with E-state index in [4.69, 9.17) is 17.5 Å². The van der Waals surface area contributed by atoms with Crippen molar-refractivity contribution < 1.29 is 17.5 Å². The highest BCUT2D eigenvalue weighted by Crippen LogP contribution is 2.36. The summed E-state index contributed by atoms with van der Waals surface area (Å²) in [6, 6.07) is -0.884. The summed E-state index contributed by atoms with van der Waals surface area (Å²) in [5, 5.41) is 3.93. The molecule has 2 aromatic heterocycles. The molecule has 0 saturated carbocycles. The average molecular weight is 277 g/mol. The number of aromatic nitrogens is 3. The van der Waals surface area contributed by atoms with Crippen molar-refractivity contribution in [1.82, 2.24) is 14.8 Å². The molecule has 2 aromatic rings. The molecule has 0 amide bonds. The lowest BCUT2D eigenvalue weighted by molar-refractivity contribution is 0.00578. The van der Waals surface area contributed by atoms with E-state index in [2.05, 4.69) is 10.1 Å². The first-order valence-corrected chi connectivity index (χ1v) is 6.24. The van der Waals surface area contributed by atoms with Gasteiger partial charge in [-0.05, 0) is 39.8 Å². The SMILES string of the molecule is [2H]c1nc([2H])c([2H])c(-n2nc([2H])c(B3OC(C)(C)C(C)(C)O3)c2[2H])c1[2H]. The summed E-state index contributed by atoms with van der Waals surface area (Å²) in [6.45, 7) is 7.37. The second-order valence-corrected chi connectivity index (χ2v) is 5.57. The summed E-state index contributed by atoms with van der Waals surface area (Å²) in [7, 11) is -0.995. The number of hydrogen-bond donors (Lipinski definition) is 0. The van der Waals surface area contributed by atoms with Gasteiger partial charge in [0.15, 0.2) is 0 Å². The lowest BCUT2D eigenvalue weighted by Crippen LogP contribution is -2.41. The first kappa shape index (κ1) is 7.95. The van der Waals surface area contributed by atoms with Crippen LogP contribution in [0.2, 0.25) is 0 Å². The Balaban J connectivity index is 2.15. The molecule has 0 spiro atoms. The summed E-state index contributed by atoms with van der Waals surface area (Å²) in [5.41, 5.74) is -1.51. The lowest BCUT2D eigenvalue weighted by atomic mass is 9.82. The van der Waals surface area contributed by atoms with Gasteiger partial charge >= 0.3 is 7.12 Å². The maximum absolute atomic E-state index is 8.37. The Hall–Kier alpha value is -1.66. The third-order valence-corrected chi connectivity index (χ3v) is 3.66. The van der Waals surface area contributed by atoms with Crippen LogP contribution in [0.5, 0.6) is 0 Å². The van der Waals surface area contributed by atoms with Crippen LogP contribution in [0.4, 0.5) is 0 Å². The summed E-state index contributed by atoms with van der Waals surface area (Å²) in [5.74, 6) is 0. The van der Waals surface area contributed by atoms with Gasteiger partial charge in [0.25, 0.3) is 0 Å². The first-order valence-electron chi connectivity index (χ1n) is 9.24. The molecule has 0 N–H and O–H groups in total. The third kappa shape index (κ3) is 2.15. The maximum atomic E-state index is 8.37. The highest BCUT2D eigenvalue weighted by molar-refractivity contribution is 6.62. The van der Waals surface area contributed by atoms with E-state index in [1.807, 2.05) is 27.7 Å². The minimum absolute atomic E-state index is 0.0670. The van der Waals surface area contributed by atoms with E-state index in [9.17, 15) is 0 Å². The van der Waals surface area contributed by atoms with Gasteiger partial charge in [-0.2, -0.15) is 5.10 Å². The van der Waals surface area contributed by atoms with E-state index < -0.39 is 42.8 Å². The predicted molar refractivity (Wildman–Crippen MR) is 77.1 cm³/mol. The smallest absolute Gasteiger partial charge is 0.399 e. The van der Waals surface area contributed by atoms with Crippen molar-refractivity contribution in [2.75, 3.05) is 0 Å². The minimum Gasteiger partial charge on any atom is -0.399 e. The van der Waals surface area contributed by atoms with Crippen molar-refractivity contribution in [3.8, 4) is 5.69 Å². The molecule has 1 fully saturated rings. The van der Waals surface area contributed by atoms with Gasteiger partial charge in [0.05, 0.1) is 25.1 Å². The number of hydrogen-bond acceptors (Lipinski definition) is 4. The molecule has 1 aliphatic heterocycles. The van der Waals surface area contributed by atoms with Gasteiger partial charge in [0.1, 0.15) is 0 Å². The molecule has 1 aliphatic rings. The standard InChI is InChI=1S/C14H18BN3O2/c1-13(2)14(3,4)20-15(19-13)11-9-17-18(10-11)12-5-7-16-8-6-12/h5-10H,1-4H3/i5D,6D,7D,8D,9D,10D. The van der Waals surface area contributed by atoms with E-state index >= 15 is 0 Å². The Labute approximate surface area is 127 Å². The van der Waals surface area contributed by atoms with Crippen LogP contribution in [-0.2, 0) is 9.31 Å². The van der Waals surface area contributed by atoms with Crippen LogP contribution in [0.3, 0.4) is 0 Å². The maximum Gasteiger partial charge on any atom is 0.498 e. The van der Waals surface area contributed by atoms with Crippen LogP contribution in [0.1, 0.15) is 35.9 Å². The van der Waals surface area contributed by atoms with Gasteiger partial charge in [-0.25, -0.2) is 4.68 Å². The summed E-state index contributed by atoms with van der Waals surface area (Å²) >= 11 is 0. The molecule has 0 radical (unpaired) electrons. The van der Waals surface area contributed by atoms with Gasteiger partial charge in [0.2, 0.25) is 0 Å². The molecule has 5 nitrogen and oxygen atoms in total. The number of pyridine rings is 1. The van der Waals surface area contributed by atoms with E-state index in [1.54, 1.807) is 0 Å². The molecule has 0 aromatic carbocycles. The van der Waals surface area contributed by atoms with Crippen LogP contribution < -0.4 is 5.46 Å². The molecule has 3 rings (SSSR count). The fourth-order valence-electron chi connectivity index (χ4n) is 1.77. The summed E-state index contributed by atoms with van der Waals surface area (Å²) in [4.78, 5) is 3.49.